The predicted molar refractivity (Wildman–Crippen MR) is 79.0 cm³/mol. The molecule has 1 aromatic rings. The van der Waals surface area contributed by atoms with Crippen LogP contribution in [0.15, 0.2) is 6.20 Å². The molecule has 118 valence electrons. The maximum Gasteiger partial charge on any atom is 0.306 e. The highest BCUT2D eigenvalue weighted by Gasteiger charge is 2.26. The van der Waals surface area contributed by atoms with Gasteiger partial charge in [-0.05, 0) is 20.8 Å². The second-order valence-electron chi connectivity index (χ2n) is 4.94. The number of carbonyl (C=O) groups excluding carboxylic acids is 1. The number of hydrogen-bond acceptors (Lipinski definition) is 6. The van der Waals surface area contributed by atoms with Gasteiger partial charge in [0, 0.05) is 17.3 Å². The molecule has 0 spiro atoms. The number of rotatable bonds is 6. The normalized spacial score (nSPS) is 12.8. The Morgan fingerprint density at radius 3 is 2.48 bits per heavy atom. The molecule has 1 aromatic heterocycles. The third kappa shape index (κ3) is 4.17. The molecular weight excluding hydrogens is 294 g/mol. The average Bonchev–Trinajstić information content (AvgIpc) is 2.42. The van der Waals surface area contributed by atoms with Gasteiger partial charge >= 0.3 is 5.97 Å². The summed E-state index contributed by atoms with van der Waals surface area (Å²) in [6, 6.07) is 0. The molecule has 21 heavy (non-hydrogen) atoms. The van der Waals surface area contributed by atoms with E-state index in [1.807, 2.05) is 6.92 Å². The van der Waals surface area contributed by atoms with E-state index in [1.165, 1.54) is 21.1 Å². The summed E-state index contributed by atoms with van der Waals surface area (Å²) in [6.07, 6.45) is 1.42. The largest absolute Gasteiger partial charge is 0.496 e. The summed E-state index contributed by atoms with van der Waals surface area (Å²) in [5.41, 5.74) is 1.99. The van der Waals surface area contributed by atoms with Crippen LogP contribution < -0.4 is 4.74 Å². The van der Waals surface area contributed by atoms with Crippen molar-refractivity contribution in [3.05, 3.63) is 23.0 Å². The molecule has 0 saturated carbocycles. The Bertz CT molecular complexity index is 624. The van der Waals surface area contributed by atoms with Crippen LogP contribution in [0.2, 0.25) is 0 Å². The molecule has 0 aliphatic heterocycles. The van der Waals surface area contributed by atoms with Crippen LogP contribution >= 0.6 is 0 Å². The molecule has 0 amide bonds. The molecule has 0 aliphatic rings. The number of aryl methyl sites for hydroxylation is 1. The van der Waals surface area contributed by atoms with Gasteiger partial charge in [0.05, 0.1) is 37.3 Å². The first-order chi connectivity index (χ1) is 9.72. The molecule has 7 heteroatoms. The number of pyridine rings is 1. The Kier molecular flexibility index (Phi) is 5.71. The summed E-state index contributed by atoms with van der Waals surface area (Å²) in [5.74, 6) is -0.138. The van der Waals surface area contributed by atoms with Gasteiger partial charge in [0.15, 0.2) is 9.84 Å². The molecule has 1 heterocycles. The summed E-state index contributed by atoms with van der Waals surface area (Å²) >= 11 is 0. The zero-order valence-corrected chi connectivity index (χ0v) is 13.8. The summed E-state index contributed by atoms with van der Waals surface area (Å²) in [5, 5.41) is -0.821. The Morgan fingerprint density at radius 2 is 1.95 bits per heavy atom. The minimum Gasteiger partial charge on any atom is -0.496 e. The molecule has 1 unspecified atom stereocenters. The summed E-state index contributed by atoms with van der Waals surface area (Å²) < 4.78 is 34.4. The van der Waals surface area contributed by atoms with E-state index in [4.69, 9.17) is 4.74 Å². The van der Waals surface area contributed by atoms with E-state index >= 15 is 0 Å². The van der Waals surface area contributed by atoms with Gasteiger partial charge < -0.3 is 9.47 Å². The lowest BCUT2D eigenvalue weighted by Gasteiger charge is -2.15. The lowest BCUT2D eigenvalue weighted by molar-refractivity contribution is -0.140. The van der Waals surface area contributed by atoms with Gasteiger partial charge in [-0.15, -0.1) is 0 Å². The number of nitrogens with zero attached hydrogens (tertiary/aromatic N) is 1. The van der Waals surface area contributed by atoms with Gasteiger partial charge in [-0.1, -0.05) is 0 Å². The zero-order chi connectivity index (χ0) is 16.2. The van der Waals surface area contributed by atoms with E-state index in [1.54, 1.807) is 13.1 Å². The van der Waals surface area contributed by atoms with E-state index in [9.17, 15) is 13.2 Å². The van der Waals surface area contributed by atoms with Crippen LogP contribution in [0.3, 0.4) is 0 Å². The highest BCUT2D eigenvalue weighted by molar-refractivity contribution is 7.91. The summed E-state index contributed by atoms with van der Waals surface area (Å²) in [6.45, 7) is 5.11. The minimum absolute atomic E-state index is 0.166. The summed E-state index contributed by atoms with van der Waals surface area (Å²) in [4.78, 5) is 15.4. The molecule has 0 aromatic carbocycles. The Hall–Kier alpha value is -1.63. The molecule has 0 saturated heterocycles. The smallest absolute Gasteiger partial charge is 0.306 e. The highest BCUT2D eigenvalue weighted by atomic mass is 32.2. The molecule has 1 rings (SSSR count). The lowest BCUT2D eigenvalue weighted by atomic mass is 10.1. The van der Waals surface area contributed by atoms with Crippen LogP contribution in [-0.4, -0.2) is 38.8 Å². The minimum atomic E-state index is -3.50. The second-order valence-corrected chi connectivity index (χ2v) is 7.36. The first-order valence-electron chi connectivity index (χ1n) is 6.50. The Labute approximate surface area is 125 Å². The fourth-order valence-corrected chi connectivity index (χ4v) is 3.34. The number of methoxy groups -OCH3 is 2. The number of sulfone groups is 1. The topological polar surface area (TPSA) is 82.6 Å². The van der Waals surface area contributed by atoms with Gasteiger partial charge in [-0.2, -0.15) is 0 Å². The van der Waals surface area contributed by atoms with Gasteiger partial charge in [0.2, 0.25) is 0 Å². The molecule has 0 aliphatic carbocycles. The van der Waals surface area contributed by atoms with Crippen molar-refractivity contribution in [2.75, 3.05) is 14.2 Å². The maximum absolute atomic E-state index is 12.3. The van der Waals surface area contributed by atoms with Crippen LogP contribution in [0, 0.1) is 13.8 Å². The van der Waals surface area contributed by atoms with Crippen LogP contribution in [0.5, 0.6) is 5.75 Å². The third-order valence-corrected chi connectivity index (χ3v) is 5.45. The van der Waals surface area contributed by atoms with E-state index in [0.717, 1.165) is 5.56 Å². The molecular formula is C14H21NO5S. The van der Waals surface area contributed by atoms with Crippen molar-refractivity contribution in [3.63, 3.8) is 0 Å². The number of ether oxygens (including phenoxy) is 2. The van der Waals surface area contributed by atoms with Crippen molar-refractivity contribution in [3.8, 4) is 5.75 Å². The maximum atomic E-state index is 12.3. The third-order valence-electron chi connectivity index (χ3n) is 3.38. The molecule has 1 atom stereocenters. The van der Waals surface area contributed by atoms with Crippen LogP contribution in [0.4, 0.5) is 0 Å². The number of carbonyl (C=O) groups is 1. The Morgan fingerprint density at radius 1 is 1.33 bits per heavy atom. The monoisotopic (exact) mass is 315 g/mol. The van der Waals surface area contributed by atoms with E-state index < -0.39 is 21.1 Å². The van der Waals surface area contributed by atoms with Crippen molar-refractivity contribution in [2.45, 2.75) is 38.2 Å². The average molecular weight is 315 g/mol. The van der Waals surface area contributed by atoms with Crippen molar-refractivity contribution in [1.29, 1.82) is 0 Å². The Balaban J connectivity index is 3.02. The summed E-state index contributed by atoms with van der Waals surface area (Å²) in [7, 11) is -0.728. The number of hydrogen-bond donors (Lipinski definition) is 0. The molecule has 0 N–H and O–H groups in total. The lowest BCUT2D eigenvalue weighted by Crippen LogP contribution is -2.24. The number of aromatic nitrogens is 1. The zero-order valence-electron chi connectivity index (χ0n) is 13.0. The van der Waals surface area contributed by atoms with Gasteiger partial charge in [-0.25, -0.2) is 8.42 Å². The second kappa shape index (κ2) is 6.89. The molecule has 0 bridgehead atoms. The van der Waals surface area contributed by atoms with Gasteiger partial charge in [0.25, 0.3) is 0 Å². The first kappa shape index (κ1) is 17.4. The molecule has 0 radical (unpaired) electrons. The SMILES string of the molecule is COC(=O)CC(C)S(=O)(=O)Cc1ncc(C)c(OC)c1C. The van der Waals surface area contributed by atoms with Crippen LogP contribution in [0.1, 0.15) is 30.2 Å². The predicted octanol–water partition coefficient (Wildman–Crippen LogP) is 1.57. The van der Waals surface area contributed by atoms with Crippen molar-refractivity contribution in [1.82, 2.24) is 4.98 Å². The van der Waals surface area contributed by atoms with E-state index in [-0.39, 0.29) is 12.2 Å². The first-order valence-corrected chi connectivity index (χ1v) is 8.22. The number of esters is 1. The molecule has 6 nitrogen and oxygen atoms in total. The van der Waals surface area contributed by atoms with Crippen molar-refractivity contribution in [2.24, 2.45) is 0 Å². The van der Waals surface area contributed by atoms with Crippen LogP contribution in [-0.2, 0) is 25.1 Å². The van der Waals surface area contributed by atoms with E-state index in [0.29, 0.717) is 17.0 Å². The quantitative estimate of drug-likeness (QED) is 0.741. The highest BCUT2D eigenvalue weighted by Crippen LogP contribution is 2.26. The standard InChI is InChI=1S/C14H21NO5S/c1-9-7-15-12(11(3)14(9)20-5)8-21(17,18)10(2)6-13(16)19-4/h7,10H,6,8H2,1-5H3. The van der Waals surface area contributed by atoms with Gasteiger partial charge in [0.1, 0.15) is 5.75 Å². The fourth-order valence-electron chi connectivity index (χ4n) is 1.99. The molecule has 0 fully saturated rings. The van der Waals surface area contributed by atoms with Gasteiger partial charge in [-0.3, -0.25) is 9.78 Å². The van der Waals surface area contributed by atoms with Crippen LogP contribution in [0.25, 0.3) is 0 Å². The van der Waals surface area contributed by atoms with Crippen molar-refractivity contribution >= 4 is 15.8 Å². The van der Waals surface area contributed by atoms with Crippen molar-refractivity contribution < 1.29 is 22.7 Å². The van der Waals surface area contributed by atoms with E-state index in [2.05, 4.69) is 9.72 Å². The fraction of sp³-hybridized carbons (Fsp3) is 0.571.